The van der Waals surface area contributed by atoms with Crippen LogP contribution >= 0.6 is 23.2 Å². The second-order valence-electron chi connectivity index (χ2n) is 5.26. The van der Waals surface area contributed by atoms with Crippen LogP contribution in [0.1, 0.15) is 0 Å². The summed E-state index contributed by atoms with van der Waals surface area (Å²) >= 11 is 12.1. The molecule has 0 atom stereocenters. The molecule has 0 aliphatic heterocycles. The van der Waals surface area contributed by atoms with Crippen LogP contribution in [-0.4, -0.2) is 35.6 Å². The summed E-state index contributed by atoms with van der Waals surface area (Å²) < 4.78 is 11.0. The van der Waals surface area contributed by atoms with Gasteiger partial charge in [-0.3, -0.25) is 4.79 Å². The SMILES string of the molecule is O=C(COc1ncnc2c(Cl)cc(Cl)cc12)NCCOc1ccccc1. The van der Waals surface area contributed by atoms with E-state index < -0.39 is 0 Å². The topological polar surface area (TPSA) is 73.3 Å². The van der Waals surface area contributed by atoms with Gasteiger partial charge in [0.05, 0.1) is 22.5 Å². The molecule has 2 aromatic carbocycles. The zero-order valence-corrected chi connectivity index (χ0v) is 15.1. The van der Waals surface area contributed by atoms with E-state index in [1.807, 2.05) is 30.3 Å². The number of hydrogen-bond acceptors (Lipinski definition) is 5. The first kappa shape index (κ1) is 18.2. The van der Waals surface area contributed by atoms with E-state index in [1.165, 1.54) is 6.33 Å². The molecule has 0 unspecified atom stereocenters. The van der Waals surface area contributed by atoms with E-state index in [0.29, 0.717) is 34.1 Å². The van der Waals surface area contributed by atoms with Crippen molar-refractivity contribution in [1.29, 1.82) is 0 Å². The minimum absolute atomic E-state index is 0.193. The molecule has 0 aliphatic rings. The van der Waals surface area contributed by atoms with Crippen molar-refractivity contribution < 1.29 is 14.3 Å². The van der Waals surface area contributed by atoms with Crippen LogP contribution in [0.4, 0.5) is 0 Å². The Hall–Kier alpha value is -2.57. The smallest absolute Gasteiger partial charge is 0.258 e. The summed E-state index contributed by atoms with van der Waals surface area (Å²) in [6.07, 6.45) is 1.32. The molecule has 0 bridgehead atoms. The number of hydrogen-bond donors (Lipinski definition) is 1. The summed E-state index contributed by atoms with van der Waals surface area (Å²) in [6.45, 7) is 0.526. The van der Waals surface area contributed by atoms with Gasteiger partial charge in [-0.25, -0.2) is 9.97 Å². The fourth-order valence-corrected chi connectivity index (χ4v) is 2.79. The minimum atomic E-state index is -0.290. The van der Waals surface area contributed by atoms with Crippen molar-refractivity contribution >= 4 is 40.0 Å². The van der Waals surface area contributed by atoms with Crippen molar-refractivity contribution in [1.82, 2.24) is 15.3 Å². The molecule has 0 saturated heterocycles. The molecule has 8 heteroatoms. The Balaban J connectivity index is 1.51. The maximum absolute atomic E-state index is 11.9. The highest BCUT2D eigenvalue weighted by molar-refractivity contribution is 6.38. The van der Waals surface area contributed by atoms with Crippen LogP contribution in [0, 0.1) is 0 Å². The van der Waals surface area contributed by atoms with Gasteiger partial charge in [0.1, 0.15) is 18.7 Å². The van der Waals surface area contributed by atoms with Gasteiger partial charge in [0.2, 0.25) is 5.88 Å². The molecular weight excluding hydrogens is 377 g/mol. The van der Waals surface area contributed by atoms with Crippen LogP contribution < -0.4 is 14.8 Å². The number of rotatable bonds is 7. The number of fused-ring (bicyclic) bond motifs is 1. The van der Waals surface area contributed by atoms with Gasteiger partial charge in [0, 0.05) is 5.02 Å². The minimum Gasteiger partial charge on any atom is -0.492 e. The highest BCUT2D eigenvalue weighted by atomic mass is 35.5. The quantitative estimate of drug-likeness (QED) is 0.623. The summed E-state index contributed by atoms with van der Waals surface area (Å²) in [5.41, 5.74) is 0.512. The highest BCUT2D eigenvalue weighted by Crippen LogP contribution is 2.30. The fourth-order valence-electron chi connectivity index (χ4n) is 2.24. The van der Waals surface area contributed by atoms with Gasteiger partial charge in [-0.2, -0.15) is 0 Å². The molecule has 26 heavy (non-hydrogen) atoms. The Labute approximate surface area is 160 Å². The second kappa shape index (κ2) is 8.69. The Morgan fingerprint density at radius 3 is 2.69 bits per heavy atom. The van der Waals surface area contributed by atoms with Gasteiger partial charge < -0.3 is 14.8 Å². The first-order valence-electron chi connectivity index (χ1n) is 7.80. The molecular formula is C18H15Cl2N3O3. The number of nitrogens with zero attached hydrogens (tertiary/aromatic N) is 2. The standard InChI is InChI=1S/C18H15Cl2N3O3/c19-12-8-14-17(15(20)9-12)22-11-23-18(14)26-10-16(24)21-6-7-25-13-4-2-1-3-5-13/h1-5,8-9,11H,6-7,10H2,(H,21,24). The first-order chi connectivity index (χ1) is 12.6. The third-order valence-corrected chi connectivity index (χ3v) is 3.90. The second-order valence-corrected chi connectivity index (χ2v) is 6.11. The van der Waals surface area contributed by atoms with E-state index >= 15 is 0 Å². The summed E-state index contributed by atoms with van der Waals surface area (Å²) in [7, 11) is 0. The molecule has 1 amide bonds. The van der Waals surface area contributed by atoms with E-state index in [2.05, 4.69) is 15.3 Å². The molecule has 0 saturated carbocycles. The third kappa shape index (κ3) is 4.74. The Morgan fingerprint density at radius 2 is 1.88 bits per heavy atom. The van der Waals surface area contributed by atoms with Crippen molar-refractivity contribution in [2.45, 2.75) is 0 Å². The maximum Gasteiger partial charge on any atom is 0.258 e. The van der Waals surface area contributed by atoms with Gasteiger partial charge in [0.25, 0.3) is 5.91 Å². The molecule has 3 aromatic rings. The molecule has 0 spiro atoms. The van der Waals surface area contributed by atoms with Crippen molar-refractivity contribution in [3.63, 3.8) is 0 Å². The molecule has 0 aliphatic carbocycles. The molecule has 3 rings (SSSR count). The predicted molar refractivity (Wildman–Crippen MR) is 100.0 cm³/mol. The number of aromatic nitrogens is 2. The molecule has 0 radical (unpaired) electrons. The zero-order chi connectivity index (χ0) is 18.4. The first-order valence-corrected chi connectivity index (χ1v) is 8.56. The number of ether oxygens (including phenoxy) is 2. The summed E-state index contributed by atoms with van der Waals surface area (Å²) in [5.74, 6) is 0.704. The fraction of sp³-hybridized carbons (Fsp3) is 0.167. The van der Waals surface area contributed by atoms with E-state index in [-0.39, 0.29) is 18.4 Å². The van der Waals surface area contributed by atoms with Crippen LogP contribution in [0.25, 0.3) is 10.9 Å². The number of amides is 1. The Kier molecular flexibility index (Phi) is 6.09. The average molecular weight is 392 g/mol. The normalized spacial score (nSPS) is 10.5. The van der Waals surface area contributed by atoms with Gasteiger partial charge in [-0.15, -0.1) is 0 Å². The highest BCUT2D eigenvalue weighted by Gasteiger charge is 2.11. The van der Waals surface area contributed by atoms with Gasteiger partial charge in [-0.1, -0.05) is 41.4 Å². The van der Waals surface area contributed by atoms with Gasteiger partial charge in [0.15, 0.2) is 6.61 Å². The van der Waals surface area contributed by atoms with Gasteiger partial charge >= 0.3 is 0 Å². The number of carbonyl (C=O) groups is 1. The average Bonchev–Trinajstić information content (AvgIpc) is 2.64. The number of halogens is 2. The van der Waals surface area contributed by atoms with Crippen molar-refractivity contribution in [2.75, 3.05) is 19.8 Å². The van der Waals surface area contributed by atoms with Gasteiger partial charge in [-0.05, 0) is 24.3 Å². The summed E-state index contributed by atoms with van der Waals surface area (Å²) in [4.78, 5) is 20.1. The molecule has 134 valence electrons. The molecule has 1 aromatic heterocycles. The lowest BCUT2D eigenvalue weighted by molar-refractivity contribution is -0.123. The lowest BCUT2D eigenvalue weighted by Gasteiger charge is -2.10. The molecule has 0 fully saturated rings. The van der Waals surface area contributed by atoms with Crippen LogP contribution in [0.2, 0.25) is 10.0 Å². The van der Waals surface area contributed by atoms with Crippen LogP contribution in [0.5, 0.6) is 11.6 Å². The predicted octanol–water partition coefficient (Wildman–Crippen LogP) is 3.51. The third-order valence-electron chi connectivity index (χ3n) is 3.40. The Bertz CT molecular complexity index is 907. The van der Waals surface area contributed by atoms with Crippen LogP contribution in [0.3, 0.4) is 0 Å². The van der Waals surface area contributed by atoms with E-state index in [4.69, 9.17) is 32.7 Å². The van der Waals surface area contributed by atoms with E-state index in [9.17, 15) is 4.79 Å². The van der Waals surface area contributed by atoms with Crippen molar-refractivity contribution in [3.8, 4) is 11.6 Å². The lowest BCUT2D eigenvalue weighted by Crippen LogP contribution is -2.32. The molecule has 6 nitrogen and oxygen atoms in total. The lowest BCUT2D eigenvalue weighted by atomic mass is 10.2. The van der Waals surface area contributed by atoms with Crippen LogP contribution in [0.15, 0.2) is 48.8 Å². The van der Waals surface area contributed by atoms with Crippen molar-refractivity contribution in [3.05, 3.63) is 58.8 Å². The number of benzene rings is 2. The Morgan fingerprint density at radius 1 is 1.08 bits per heavy atom. The number of nitrogens with one attached hydrogen (secondary N) is 1. The zero-order valence-electron chi connectivity index (χ0n) is 13.6. The monoisotopic (exact) mass is 391 g/mol. The van der Waals surface area contributed by atoms with Crippen molar-refractivity contribution in [2.24, 2.45) is 0 Å². The molecule has 1 heterocycles. The van der Waals surface area contributed by atoms with E-state index in [1.54, 1.807) is 12.1 Å². The summed E-state index contributed by atoms with van der Waals surface area (Å²) in [6, 6.07) is 12.6. The largest absolute Gasteiger partial charge is 0.492 e. The summed E-state index contributed by atoms with van der Waals surface area (Å²) in [5, 5.41) is 4.08. The van der Waals surface area contributed by atoms with E-state index in [0.717, 1.165) is 5.75 Å². The number of para-hydroxylation sites is 1. The maximum atomic E-state index is 11.9. The molecule has 1 N–H and O–H groups in total. The van der Waals surface area contributed by atoms with Crippen LogP contribution in [-0.2, 0) is 4.79 Å². The number of carbonyl (C=O) groups excluding carboxylic acids is 1.